The van der Waals surface area contributed by atoms with Crippen LogP contribution in [0.15, 0.2) is 42.7 Å². The smallest absolute Gasteiger partial charge is 0.319 e. The Morgan fingerprint density at radius 1 is 1.17 bits per heavy atom. The lowest BCUT2D eigenvalue weighted by Crippen LogP contribution is -2.34. The van der Waals surface area contributed by atoms with Crippen LogP contribution in [0.5, 0.6) is 0 Å². The van der Waals surface area contributed by atoms with Gasteiger partial charge in [-0.2, -0.15) is 10.2 Å². The minimum Gasteiger partial charge on any atom is -0.379 e. The van der Waals surface area contributed by atoms with Crippen molar-refractivity contribution < 1.29 is 18.7 Å². The van der Waals surface area contributed by atoms with Crippen molar-refractivity contribution in [3.63, 3.8) is 0 Å². The average Bonchev–Trinajstić information content (AvgIpc) is 2.86. The molecule has 0 spiro atoms. The number of ether oxygens (including phenoxy) is 1. The van der Waals surface area contributed by atoms with Crippen molar-refractivity contribution in [1.29, 1.82) is 0 Å². The van der Waals surface area contributed by atoms with Gasteiger partial charge in [0.15, 0.2) is 6.29 Å². The van der Waals surface area contributed by atoms with Gasteiger partial charge in [-0.05, 0) is 82.7 Å². The van der Waals surface area contributed by atoms with Gasteiger partial charge in [-0.3, -0.25) is 9.78 Å². The van der Waals surface area contributed by atoms with Crippen LogP contribution in [0.4, 0.5) is 14.9 Å². The summed E-state index contributed by atoms with van der Waals surface area (Å²) in [5.74, 6) is -0.558. The van der Waals surface area contributed by atoms with Gasteiger partial charge in [-0.1, -0.05) is 0 Å². The number of nitrogens with zero attached hydrogens (tertiary/aromatic N) is 3. The molecule has 2 amide bonds. The van der Waals surface area contributed by atoms with E-state index >= 15 is 0 Å². The molecule has 0 saturated carbocycles. The minimum absolute atomic E-state index is 0.0263. The van der Waals surface area contributed by atoms with Crippen LogP contribution in [0.3, 0.4) is 0 Å². The van der Waals surface area contributed by atoms with E-state index in [1.807, 2.05) is 27.9 Å². The maximum absolute atomic E-state index is 14.6. The lowest BCUT2D eigenvalue weighted by atomic mass is 10.0. The molecule has 3 rings (SSSR count). The number of nitrogens with one attached hydrogen (secondary N) is 3. The van der Waals surface area contributed by atoms with Gasteiger partial charge in [0, 0.05) is 31.0 Å². The first-order valence-corrected chi connectivity index (χ1v) is 11.4. The van der Waals surface area contributed by atoms with E-state index in [9.17, 15) is 14.0 Å². The third kappa shape index (κ3) is 8.17. The molecule has 2 heterocycles. The molecule has 1 aromatic carbocycles. The molecule has 192 valence electrons. The number of aldehydes is 1. The number of aromatic nitrogens is 3. The summed E-state index contributed by atoms with van der Waals surface area (Å²) < 4.78 is 19.9. The Labute approximate surface area is 210 Å². The number of hydrogen-bond donors (Lipinski definition) is 3. The van der Waals surface area contributed by atoms with E-state index in [0.717, 1.165) is 11.1 Å². The van der Waals surface area contributed by atoms with Crippen molar-refractivity contribution in [3.8, 4) is 22.4 Å². The molecule has 0 unspecified atom stereocenters. The fourth-order valence-corrected chi connectivity index (χ4v) is 3.14. The van der Waals surface area contributed by atoms with Crippen molar-refractivity contribution in [2.45, 2.75) is 32.8 Å². The summed E-state index contributed by atoms with van der Waals surface area (Å²) >= 11 is 0. The highest BCUT2D eigenvalue weighted by atomic mass is 19.1. The Balaban J connectivity index is 0.00000145. The van der Waals surface area contributed by atoms with Gasteiger partial charge < -0.3 is 20.7 Å². The standard InChI is InChI=1S/C24H26FN5O3.C2H7N/c1-15-9-20(25)22(29-23(32)27-8-6-24(2,3)33-4)12-19(15)21-11-17(13-28-30-21)16-5-7-26-18(10-16)14-31;1-3-2/h5,7,9-14H,6,8H2,1-4H3,(H2,27,29,32);3H,1-2H3. The summed E-state index contributed by atoms with van der Waals surface area (Å²) in [5.41, 5.74) is 3.18. The van der Waals surface area contributed by atoms with Gasteiger partial charge in [0.2, 0.25) is 0 Å². The zero-order chi connectivity index (χ0) is 26.7. The normalized spacial score (nSPS) is 10.8. The van der Waals surface area contributed by atoms with Crippen LogP contribution in [0.25, 0.3) is 22.4 Å². The largest absolute Gasteiger partial charge is 0.379 e. The van der Waals surface area contributed by atoms with Crippen LogP contribution in [0.2, 0.25) is 0 Å². The number of methoxy groups -OCH3 is 1. The molecule has 3 aromatic rings. The molecule has 0 atom stereocenters. The van der Waals surface area contributed by atoms with E-state index in [-0.39, 0.29) is 11.3 Å². The Morgan fingerprint density at radius 2 is 1.89 bits per heavy atom. The van der Waals surface area contributed by atoms with E-state index in [2.05, 4.69) is 31.1 Å². The lowest BCUT2D eigenvalue weighted by Gasteiger charge is -2.22. The van der Waals surface area contributed by atoms with Crippen molar-refractivity contribution >= 4 is 18.0 Å². The molecule has 0 bridgehead atoms. The number of hydrogen-bond acceptors (Lipinski definition) is 7. The van der Waals surface area contributed by atoms with Crippen molar-refractivity contribution in [1.82, 2.24) is 25.8 Å². The van der Waals surface area contributed by atoms with Gasteiger partial charge in [0.05, 0.1) is 23.2 Å². The van der Waals surface area contributed by atoms with Crippen LogP contribution in [0, 0.1) is 12.7 Å². The van der Waals surface area contributed by atoms with E-state index in [0.29, 0.717) is 41.8 Å². The molecule has 0 radical (unpaired) electrons. The van der Waals surface area contributed by atoms with Crippen molar-refractivity contribution in [3.05, 3.63) is 59.8 Å². The van der Waals surface area contributed by atoms with Crippen LogP contribution < -0.4 is 16.0 Å². The maximum Gasteiger partial charge on any atom is 0.319 e. The first kappa shape index (κ1) is 28.5. The van der Waals surface area contributed by atoms with Crippen LogP contribution in [-0.2, 0) is 4.74 Å². The summed E-state index contributed by atoms with van der Waals surface area (Å²) in [6.45, 7) is 5.95. The highest BCUT2D eigenvalue weighted by Gasteiger charge is 2.17. The number of carbonyl (C=O) groups excluding carboxylic acids is 2. The molecule has 0 fully saturated rings. The number of aryl methyl sites for hydroxylation is 1. The summed E-state index contributed by atoms with van der Waals surface area (Å²) in [6.07, 6.45) is 4.38. The summed E-state index contributed by atoms with van der Waals surface area (Å²) in [5, 5.41) is 16.2. The topological polar surface area (TPSA) is 118 Å². The monoisotopic (exact) mass is 496 g/mol. The van der Waals surface area contributed by atoms with Crippen LogP contribution >= 0.6 is 0 Å². The fourth-order valence-electron chi connectivity index (χ4n) is 3.14. The molecule has 0 saturated heterocycles. The molecule has 0 aliphatic carbocycles. The molecule has 0 aliphatic heterocycles. The lowest BCUT2D eigenvalue weighted by molar-refractivity contribution is 0.0165. The molecule has 9 nitrogen and oxygen atoms in total. The average molecular weight is 497 g/mol. The Hall–Kier alpha value is -3.76. The third-order valence-corrected chi connectivity index (χ3v) is 5.29. The predicted molar refractivity (Wildman–Crippen MR) is 138 cm³/mol. The minimum atomic E-state index is -0.558. The first-order valence-electron chi connectivity index (χ1n) is 11.4. The highest BCUT2D eigenvalue weighted by molar-refractivity contribution is 5.90. The van der Waals surface area contributed by atoms with Gasteiger partial charge in [0.25, 0.3) is 0 Å². The van der Waals surface area contributed by atoms with E-state index < -0.39 is 11.8 Å². The van der Waals surface area contributed by atoms with Gasteiger partial charge >= 0.3 is 6.03 Å². The van der Waals surface area contributed by atoms with Crippen molar-refractivity contribution in [2.24, 2.45) is 0 Å². The van der Waals surface area contributed by atoms with E-state index in [1.54, 1.807) is 38.4 Å². The maximum atomic E-state index is 14.6. The fraction of sp³-hybridized carbons (Fsp3) is 0.346. The number of pyridine rings is 1. The highest BCUT2D eigenvalue weighted by Crippen LogP contribution is 2.30. The molecule has 2 aromatic heterocycles. The SMILES string of the molecule is CNC.COC(C)(C)CCNC(=O)Nc1cc(-c2cc(-c3ccnc(C=O)c3)cnn2)c(C)cc1F. The molecule has 0 aliphatic rings. The molecule has 3 N–H and O–H groups in total. The second-order valence-corrected chi connectivity index (χ2v) is 8.66. The number of anilines is 1. The molecular formula is C26H33FN6O3. The second-order valence-electron chi connectivity index (χ2n) is 8.66. The Kier molecular flexibility index (Phi) is 10.6. The Morgan fingerprint density at radius 3 is 2.56 bits per heavy atom. The Bertz CT molecular complexity index is 1190. The first-order chi connectivity index (χ1) is 17.1. The zero-order valence-electron chi connectivity index (χ0n) is 21.5. The predicted octanol–water partition coefficient (Wildman–Crippen LogP) is 4.24. The molecular weight excluding hydrogens is 463 g/mol. The summed E-state index contributed by atoms with van der Waals surface area (Å²) in [6, 6.07) is 7.54. The van der Waals surface area contributed by atoms with Gasteiger partial charge in [0.1, 0.15) is 11.5 Å². The summed E-state index contributed by atoms with van der Waals surface area (Å²) in [4.78, 5) is 27.3. The van der Waals surface area contributed by atoms with E-state index in [1.165, 1.54) is 18.3 Å². The molecule has 10 heteroatoms. The number of carbonyl (C=O) groups is 2. The summed E-state index contributed by atoms with van der Waals surface area (Å²) in [7, 11) is 5.36. The number of rotatable bonds is 8. The van der Waals surface area contributed by atoms with Crippen LogP contribution in [0.1, 0.15) is 36.3 Å². The van der Waals surface area contributed by atoms with Gasteiger partial charge in [-0.25, -0.2) is 9.18 Å². The number of benzene rings is 1. The number of halogens is 1. The second kappa shape index (κ2) is 13.4. The van der Waals surface area contributed by atoms with Gasteiger partial charge in [-0.15, -0.1) is 0 Å². The van der Waals surface area contributed by atoms with Crippen LogP contribution in [-0.4, -0.2) is 60.8 Å². The van der Waals surface area contributed by atoms with Crippen molar-refractivity contribution in [2.75, 3.05) is 33.1 Å². The number of urea groups is 1. The quantitative estimate of drug-likeness (QED) is 0.399. The third-order valence-electron chi connectivity index (χ3n) is 5.29. The molecule has 36 heavy (non-hydrogen) atoms. The van der Waals surface area contributed by atoms with E-state index in [4.69, 9.17) is 4.74 Å². The zero-order valence-corrected chi connectivity index (χ0v) is 21.5. The number of amides is 2.